The molecule has 0 unspecified atom stereocenters. The van der Waals surface area contributed by atoms with Gasteiger partial charge in [-0.05, 0) is 5.92 Å². The topological polar surface area (TPSA) is 59.1 Å². The van der Waals surface area contributed by atoms with E-state index in [1.54, 1.807) is 11.6 Å². The van der Waals surface area contributed by atoms with Gasteiger partial charge in [-0.15, -0.1) is 11.3 Å². The largest absolute Gasteiger partial charge is 0.343 e. The van der Waals surface area contributed by atoms with Crippen LogP contribution in [0.4, 0.5) is 0 Å². The number of hydrogen-bond donors (Lipinski definition) is 1. The first-order valence-electron chi connectivity index (χ1n) is 4.79. The molecule has 1 N–H and O–H groups in total. The third-order valence-electron chi connectivity index (χ3n) is 1.71. The van der Waals surface area contributed by atoms with Gasteiger partial charge in [0.25, 0.3) is 5.91 Å². The second-order valence-electron chi connectivity index (χ2n) is 3.66. The molecule has 0 fully saturated rings. The number of carbonyl (C=O) groups excluding carboxylic acids is 2. The fourth-order valence-electron chi connectivity index (χ4n) is 1.12. The maximum atomic E-state index is 11.4. The molecule has 0 saturated heterocycles. The molecule has 0 bridgehead atoms. The smallest absolute Gasteiger partial charge is 0.280 e. The third-order valence-corrected chi connectivity index (χ3v) is 2.48. The molecule has 0 saturated carbocycles. The van der Waals surface area contributed by atoms with Crippen LogP contribution in [-0.4, -0.2) is 23.2 Å². The molecule has 1 rings (SSSR count). The Balaban J connectivity index is 2.32. The van der Waals surface area contributed by atoms with E-state index in [0.29, 0.717) is 17.3 Å². The van der Waals surface area contributed by atoms with Gasteiger partial charge in [0.15, 0.2) is 10.8 Å². The molecule has 82 valence electrons. The lowest BCUT2D eigenvalue weighted by molar-refractivity contribution is -0.118. The molecule has 5 heteroatoms. The lowest BCUT2D eigenvalue weighted by atomic mass is 10.1. The average molecular weight is 226 g/mol. The zero-order chi connectivity index (χ0) is 11.3. The summed E-state index contributed by atoms with van der Waals surface area (Å²) in [4.78, 5) is 26.5. The number of nitrogens with one attached hydrogen (secondary N) is 1. The molecule has 0 aliphatic rings. The molecule has 1 heterocycles. The van der Waals surface area contributed by atoms with Crippen molar-refractivity contribution in [1.82, 2.24) is 10.3 Å². The highest BCUT2D eigenvalue weighted by Gasteiger charge is 2.10. The summed E-state index contributed by atoms with van der Waals surface area (Å²) in [6.07, 6.45) is 2.06. The van der Waals surface area contributed by atoms with E-state index in [0.717, 1.165) is 0 Å². The van der Waals surface area contributed by atoms with E-state index in [2.05, 4.69) is 10.3 Å². The van der Waals surface area contributed by atoms with Crippen LogP contribution < -0.4 is 5.32 Å². The van der Waals surface area contributed by atoms with Crippen molar-refractivity contribution in [3.8, 4) is 0 Å². The number of nitrogens with zero attached hydrogens (tertiary/aromatic N) is 1. The Morgan fingerprint density at radius 2 is 2.27 bits per heavy atom. The van der Waals surface area contributed by atoms with Gasteiger partial charge in [-0.2, -0.15) is 0 Å². The first kappa shape index (κ1) is 11.8. The number of ketones is 1. The molecule has 15 heavy (non-hydrogen) atoms. The predicted octanol–water partition coefficient (Wildman–Crippen LogP) is 1.49. The maximum absolute atomic E-state index is 11.4. The highest BCUT2D eigenvalue weighted by molar-refractivity contribution is 7.11. The van der Waals surface area contributed by atoms with Crippen molar-refractivity contribution >= 4 is 23.0 Å². The molecular formula is C10H14N2O2S. The minimum Gasteiger partial charge on any atom is -0.343 e. The number of aromatic nitrogens is 1. The van der Waals surface area contributed by atoms with Crippen molar-refractivity contribution in [2.24, 2.45) is 5.92 Å². The fraction of sp³-hybridized carbons (Fsp3) is 0.500. The van der Waals surface area contributed by atoms with Crippen LogP contribution in [0.5, 0.6) is 0 Å². The van der Waals surface area contributed by atoms with E-state index >= 15 is 0 Å². The Morgan fingerprint density at radius 3 is 2.80 bits per heavy atom. The Labute approximate surface area is 92.7 Å². The summed E-state index contributed by atoms with van der Waals surface area (Å²) in [6, 6.07) is 0. The number of Topliss-reactive ketones (excluding diaryl/α,β-unsaturated/α-hetero) is 1. The van der Waals surface area contributed by atoms with Gasteiger partial charge >= 0.3 is 0 Å². The van der Waals surface area contributed by atoms with Gasteiger partial charge in [0.05, 0.1) is 6.54 Å². The van der Waals surface area contributed by atoms with E-state index in [-0.39, 0.29) is 18.2 Å². The van der Waals surface area contributed by atoms with Crippen LogP contribution in [0.2, 0.25) is 0 Å². The highest BCUT2D eigenvalue weighted by Crippen LogP contribution is 2.03. The summed E-state index contributed by atoms with van der Waals surface area (Å²) in [7, 11) is 0. The standard InChI is InChI=1S/C10H14N2O2S/c1-7(2)5-8(13)6-12-9(14)10-11-3-4-15-10/h3-4,7H,5-6H2,1-2H3,(H,12,14). The Morgan fingerprint density at radius 1 is 1.53 bits per heavy atom. The fourth-order valence-corrected chi connectivity index (χ4v) is 1.67. The van der Waals surface area contributed by atoms with Gasteiger partial charge < -0.3 is 5.32 Å². The Hall–Kier alpha value is -1.23. The van der Waals surface area contributed by atoms with Gasteiger partial charge in [-0.1, -0.05) is 13.8 Å². The summed E-state index contributed by atoms with van der Waals surface area (Å²) < 4.78 is 0. The van der Waals surface area contributed by atoms with Crippen LogP contribution in [0.25, 0.3) is 0 Å². The molecular weight excluding hydrogens is 212 g/mol. The molecule has 0 aliphatic carbocycles. The molecule has 4 nitrogen and oxygen atoms in total. The maximum Gasteiger partial charge on any atom is 0.280 e. The van der Waals surface area contributed by atoms with Gasteiger partial charge in [-0.25, -0.2) is 4.98 Å². The molecule has 1 aromatic heterocycles. The van der Waals surface area contributed by atoms with Crippen molar-refractivity contribution in [2.45, 2.75) is 20.3 Å². The third kappa shape index (κ3) is 4.20. The summed E-state index contributed by atoms with van der Waals surface area (Å²) in [6.45, 7) is 4.04. The van der Waals surface area contributed by atoms with Gasteiger partial charge in [0.1, 0.15) is 0 Å². The van der Waals surface area contributed by atoms with Crippen molar-refractivity contribution in [3.63, 3.8) is 0 Å². The minimum atomic E-state index is -0.276. The highest BCUT2D eigenvalue weighted by atomic mass is 32.1. The summed E-state index contributed by atoms with van der Waals surface area (Å²) in [5, 5.41) is 4.67. The molecule has 0 aliphatic heterocycles. The average Bonchev–Trinajstić information content (AvgIpc) is 2.65. The SMILES string of the molecule is CC(C)CC(=O)CNC(=O)c1nccs1. The second-order valence-corrected chi connectivity index (χ2v) is 4.55. The van der Waals surface area contributed by atoms with E-state index in [4.69, 9.17) is 0 Å². The quantitative estimate of drug-likeness (QED) is 0.827. The first-order valence-corrected chi connectivity index (χ1v) is 5.67. The molecule has 0 atom stereocenters. The number of thiazole rings is 1. The lowest BCUT2D eigenvalue weighted by Gasteiger charge is -2.04. The summed E-state index contributed by atoms with van der Waals surface area (Å²) in [5.74, 6) is 0.103. The van der Waals surface area contributed by atoms with Crippen LogP contribution in [0.1, 0.15) is 30.1 Å². The molecule has 0 radical (unpaired) electrons. The summed E-state index contributed by atoms with van der Waals surface area (Å²) in [5.41, 5.74) is 0. The number of rotatable bonds is 5. The van der Waals surface area contributed by atoms with Crippen LogP contribution in [0.15, 0.2) is 11.6 Å². The monoisotopic (exact) mass is 226 g/mol. The molecule has 1 amide bonds. The predicted molar refractivity (Wildman–Crippen MR) is 58.9 cm³/mol. The Bertz CT molecular complexity index is 333. The van der Waals surface area contributed by atoms with Gasteiger partial charge in [0.2, 0.25) is 0 Å². The van der Waals surface area contributed by atoms with Crippen LogP contribution in [0, 0.1) is 5.92 Å². The van der Waals surface area contributed by atoms with Crippen molar-refractivity contribution in [3.05, 3.63) is 16.6 Å². The van der Waals surface area contributed by atoms with E-state index in [9.17, 15) is 9.59 Å². The second kappa shape index (κ2) is 5.60. The van der Waals surface area contributed by atoms with Crippen molar-refractivity contribution in [1.29, 1.82) is 0 Å². The van der Waals surface area contributed by atoms with Crippen LogP contribution >= 0.6 is 11.3 Å². The van der Waals surface area contributed by atoms with Gasteiger partial charge in [-0.3, -0.25) is 9.59 Å². The molecule has 0 aromatic carbocycles. The first-order chi connectivity index (χ1) is 7.09. The normalized spacial score (nSPS) is 10.3. The minimum absolute atomic E-state index is 0.0508. The van der Waals surface area contributed by atoms with E-state index in [1.807, 2.05) is 13.8 Å². The zero-order valence-corrected chi connectivity index (χ0v) is 9.63. The van der Waals surface area contributed by atoms with Crippen LogP contribution in [-0.2, 0) is 4.79 Å². The van der Waals surface area contributed by atoms with Gasteiger partial charge in [0, 0.05) is 18.0 Å². The molecule has 1 aromatic rings. The van der Waals surface area contributed by atoms with Crippen LogP contribution in [0.3, 0.4) is 0 Å². The number of hydrogen-bond acceptors (Lipinski definition) is 4. The summed E-state index contributed by atoms with van der Waals surface area (Å²) >= 11 is 1.26. The number of amides is 1. The van der Waals surface area contributed by atoms with Crippen molar-refractivity contribution in [2.75, 3.05) is 6.54 Å². The van der Waals surface area contributed by atoms with E-state index in [1.165, 1.54) is 11.3 Å². The van der Waals surface area contributed by atoms with E-state index < -0.39 is 0 Å². The molecule has 0 spiro atoms. The zero-order valence-electron chi connectivity index (χ0n) is 8.82. The Kier molecular flexibility index (Phi) is 4.42. The lowest BCUT2D eigenvalue weighted by Crippen LogP contribution is -2.29. The van der Waals surface area contributed by atoms with Crippen molar-refractivity contribution < 1.29 is 9.59 Å². The number of carbonyl (C=O) groups is 2.